The Morgan fingerprint density at radius 2 is 1.00 bits per heavy atom. The lowest BCUT2D eigenvalue weighted by atomic mass is 10.3. The molecular weight excluding hydrogens is 358 g/mol. The van der Waals surface area contributed by atoms with Crippen molar-refractivity contribution in [2.45, 2.75) is 0 Å². The number of nitrogens with zero attached hydrogens (tertiary/aromatic N) is 4. The van der Waals surface area contributed by atoms with Gasteiger partial charge in [0.15, 0.2) is 0 Å². The van der Waals surface area contributed by atoms with Crippen LogP contribution in [0.25, 0.3) is 0 Å². The fourth-order valence-corrected chi connectivity index (χ4v) is 3.02. The van der Waals surface area contributed by atoms with E-state index in [1.54, 1.807) is 9.80 Å². The molecule has 1 heterocycles. The third-order valence-electron chi connectivity index (χ3n) is 4.44. The Morgan fingerprint density at radius 3 is 1.30 bits per heavy atom. The Balaban J connectivity index is 2.85. The lowest BCUT2D eigenvalue weighted by Gasteiger charge is -2.33. The Hall–Kier alpha value is -1.79. The quantitative estimate of drug-likeness (QED) is 0.335. The number of amides is 1. The summed E-state index contributed by atoms with van der Waals surface area (Å²) in [6, 6.07) is 0. The maximum absolute atomic E-state index is 11.3. The molecule has 0 spiro atoms. The fraction of sp³-hybridized carbons (Fsp3) is 0.812. The van der Waals surface area contributed by atoms with E-state index in [0.29, 0.717) is 58.9 Å². The standard InChI is InChI=1S/C16H31N5O6/c17-14(23)11-19-3-1-18(9-10-22)2-4-20(12-15(24)25)7-8-21(6-5-19)13-16(26)27/h22H,1-13H2,(H2,17,23)(H,24,25)(H,26,27). The van der Waals surface area contributed by atoms with Crippen molar-refractivity contribution >= 4 is 17.8 Å². The molecule has 1 aliphatic rings. The van der Waals surface area contributed by atoms with Crippen LogP contribution in [0, 0.1) is 0 Å². The summed E-state index contributed by atoms with van der Waals surface area (Å²) in [5.74, 6) is -2.34. The van der Waals surface area contributed by atoms with Gasteiger partial charge >= 0.3 is 11.9 Å². The summed E-state index contributed by atoms with van der Waals surface area (Å²) in [6.45, 7) is 4.17. The second-order valence-electron chi connectivity index (χ2n) is 6.65. The molecule has 156 valence electrons. The second-order valence-corrected chi connectivity index (χ2v) is 6.65. The van der Waals surface area contributed by atoms with Crippen LogP contribution in [0.1, 0.15) is 0 Å². The number of carbonyl (C=O) groups is 3. The molecular formula is C16H31N5O6. The lowest BCUT2D eigenvalue weighted by Crippen LogP contribution is -2.49. The van der Waals surface area contributed by atoms with E-state index in [0.717, 1.165) is 0 Å². The number of aliphatic hydroxyl groups excluding tert-OH is 1. The molecule has 27 heavy (non-hydrogen) atoms. The first-order chi connectivity index (χ1) is 12.8. The summed E-state index contributed by atoms with van der Waals surface area (Å²) < 4.78 is 0. The molecule has 1 amide bonds. The molecule has 5 N–H and O–H groups in total. The molecule has 0 atom stereocenters. The zero-order valence-electron chi connectivity index (χ0n) is 15.6. The maximum atomic E-state index is 11.3. The highest BCUT2D eigenvalue weighted by molar-refractivity contribution is 5.75. The minimum absolute atomic E-state index is 0.0128. The molecule has 0 aromatic rings. The number of hydrogen-bond donors (Lipinski definition) is 4. The van der Waals surface area contributed by atoms with Gasteiger partial charge in [0.2, 0.25) is 5.91 Å². The number of nitrogens with two attached hydrogens (primary N) is 1. The normalized spacial score (nSPS) is 19.9. The van der Waals surface area contributed by atoms with Gasteiger partial charge in [0.1, 0.15) is 0 Å². The van der Waals surface area contributed by atoms with Crippen molar-refractivity contribution in [2.75, 3.05) is 85.1 Å². The zero-order chi connectivity index (χ0) is 20.2. The van der Waals surface area contributed by atoms with Gasteiger partial charge in [-0.3, -0.25) is 34.0 Å². The number of β-amino-alcohol motifs (C(OH)–C–C–N with tert-alkyl or cyclic N) is 1. The van der Waals surface area contributed by atoms with Gasteiger partial charge in [0.05, 0.1) is 26.2 Å². The van der Waals surface area contributed by atoms with E-state index >= 15 is 0 Å². The van der Waals surface area contributed by atoms with Gasteiger partial charge < -0.3 is 21.1 Å². The second kappa shape index (κ2) is 12.6. The lowest BCUT2D eigenvalue weighted by molar-refractivity contribution is -0.140. The van der Waals surface area contributed by atoms with Crippen LogP contribution in [0.15, 0.2) is 0 Å². The summed E-state index contributed by atoms with van der Waals surface area (Å²) in [6.07, 6.45) is 0. The van der Waals surface area contributed by atoms with E-state index < -0.39 is 17.8 Å². The Kier molecular flexibility index (Phi) is 10.8. The molecule has 11 nitrogen and oxygen atoms in total. The zero-order valence-corrected chi connectivity index (χ0v) is 15.6. The number of carbonyl (C=O) groups excluding carboxylic acids is 1. The number of carboxylic acids is 2. The van der Waals surface area contributed by atoms with Crippen molar-refractivity contribution < 1.29 is 29.7 Å². The van der Waals surface area contributed by atoms with Crippen LogP contribution in [0.5, 0.6) is 0 Å². The molecule has 0 aromatic heterocycles. The highest BCUT2D eigenvalue weighted by atomic mass is 16.4. The van der Waals surface area contributed by atoms with Gasteiger partial charge in [-0.05, 0) is 0 Å². The van der Waals surface area contributed by atoms with Crippen molar-refractivity contribution in [3.63, 3.8) is 0 Å². The molecule has 0 aliphatic carbocycles. The summed E-state index contributed by atoms with van der Waals surface area (Å²) in [7, 11) is 0. The van der Waals surface area contributed by atoms with Gasteiger partial charge in [-0.1, -0.05) is 0 Å². The topological polar surface area (TPSA) is 151 Å². The minimum Gasteiger partial charge on any atom is -0.480 e. The van der Waals surface area contributed by atoms with E-state index in [-0.39, 0.29) is 26.2 Å². The van der Waals surface area contributed by atoms with E-state index in [9.17, 15) is 19.5 Å². The van der Waals surface area contributed by atoms with Crippen molar-refractivity contribution in [1.29, 1.82) is 0 Å². The first-order valence-corrected chi connectivity index (χ1v) is 9.02. The summed E-state index contributed by atoms with van der Waals surface area (Å²) in [5.41, 5.74) is 5.31. The number of aliphatic carboxylic acids is 2. The number of aliphatic hydroxyl groups is 1. The first kappa shape index (κ1) is 23.2. The number of primary amides is 1. The van der Waals surface area contributed by atoms with Crippen LogP contribution in [0.4, 0.5) is 0 Å². The van der Waals surface area contributed by atoms with E-state index in [2.05, 4.69) is 0 Å². The molecule has 1 aliphatic heterocycles. The van der Waals surface area contributed by atoms with Crippen LogP contribution in [0.3, 0.4) is 0 Å². The van der Waals surface area contributed by atoms with Crippen molar-refractivity contribution in [3.8, 4) is 0 Å². The van der Waals surface area contributed by atoms with Crippen molar-refractivity contribution in [2.24, 2.45) is 5.73 Å². The first-order valence-electron chi connectivity index (χ1n) is 9.02. The van der Waals surface area contributed by atoms with Crippen molar-refractivity contribution in [3.05, 3.63) is 0 Å². The Labute approximate surface area is 158 Å². The smallest absolute Gasteiger partial charge is 0.317 e. The minimum atomic E-state index is -0.956. The van der Waals surface area contributed by atoms with Crippen molar-refractivity contribution in [1.82, 2.24) is 19.6 Å². The summed E-state index contributed by atoms with van der Waals surface area (Å²) in [4.78, 5) is 40.9. The predicted molar refractivity (Wildman–Crippen MR) is 97.3 cm³/mol. The van der Waals surface area contributed by atoms with Crippen LogP contribution in [-0.2, 0) is 14.4 Å². The fourth-order valence-electron chi connectivity index (χ4n) is 3.02. The molecule has 0 bridgehead atoms. The predicted octanol–water partition coefficient (Wildman–Crippen LogP) is -3.15. The average Bonchev–Trinajstić information content (AvgIpc) is 2.56. The molecule has 0 saturated carbocycles. The van der Waals surface area contributed by atoms with Gasteiger partial charge in [0, 0.05) is 58.9 Å². The highest BCUT2D eigenvalue weighted by Gasteiger charge is 2.19. The third-order valence-corrected chi connectivity index (χ3v) is 4.44. The van der Waals surface area contributed by atoms with Gasteiger partial charge in [-0.2, -0.15) is 0 Å². The highest BCUT2D eigenvalue weighted by Crippen LogP contribution is 2.01. The monoisotopic (exact) mass is 389 g/mol. The van der Waals surface area contributed by atoms with E-state index in [1.165, 1.54) is 0 Å². The van der Waals surface area contributed by atoms with Gasteiger partial charge in [-0.15, -0.1) is 0 Å². The third kappa shape index (κ3) is 10.8. The van der Waals surface area contributed by atoms with Gasteiger partial charge in [0.25, 0.3) is 0 Å². The Bertz CT molecular complexity index is 460. The number of carboxylic acid groups (broad SMARTS) is 2. The summed E-state index contributed by atoms with van der Waals surface area (Å²) >= 11 is 0. The van der Waals surface area contributed by atoms with Crippen LogP contribution in [0.2, 0.25) is 0 Å². The molecule has 1 saturated heterocycles. The van der Waals surface area contributed by atoms with E-state index in [4.69, 9.17) is 15.9 Å². The molecule has 0 radical (unpaired) electrons. The Morgan fingerprint density at radius 1 is 0.667 bits per heavy atom. The van der Waals surface area contributed by atoms with Crippen LogP contribution in [-0.4, -0.2) is 138 Å². The molecule has 11 heteroatoms. The van der Waals surface area contributed by atoms with Gasteiger partial charge in [-0.25, -0.2) is 0 Å². The SMILES string of the molecule is NC(=O)CN1CCN(CCO)CCN(CC(=O)O)CCN(CC(=O)O)CC1. The molecule has 0 aromatic carbocycles. The summed E-state index contributed by atoms with van der Waals surface area (Å²) in [5, 5.41) is 27.5. The maximum Gasteiger partial charge on any atom is 0.317 e. The van der Waals surface area contributed by atoms with Crippen LogP contribution >= 0.6 is 0 Å². The molecule has 0 unspecified atom stereocenters. The van der Waals surface area contributed by atoms with E-state index in [1.807, 2.05) is 9.80 Å². The van der Waals surface area contributed by atoms with Crippen LogP contribution < -0.4 is 5.73 Å². The largest absolute Gasteiger partial charge is 0.480 e. The number of hydrogen-bond acceptors (Lipinski definition) is 8. The molecule has 1 rings (SSSR count). The molecule has 1 fully saturated rings. The average molecular weight is 389 g/mol. The number of rotatable bonds is 8.